The van der Waals surface area contributed by atoms with E-state index >= 15 is 0 Å². The molecule has 2 N–H and O–H groups in total. The van der Waals surface area contributed by atoms with Crippen molar-refractivity contribution in [3.63, 3.8) is 0 Å². The first-order chi connectivity index (χ1) is 11.1. The van der Waals surface area contributed by atoms with Gasteiger partial charge in [-0.15, -0.1) is 17.5 Å². The highest BCUT2D eigenvalue weighted by Crippen LogP contribution is 2.21. The lowest BCUT2D eigenvalue weighted by molar-refractivity contribution is 0.102. The van der Waals surface area contributed by atoms with E-state index in [1.807, 2.05) is 43.7 Å². The molecular formula is C17H24ClN5O. The topological polar surface area (TPSA) is 71.8 Å². The number of carbonyl (C=O) groups excluding carboxylic acids is 1. The van der Waals surface area contributed by atoms with E-state index in [0.717, 1.165) is 42.9 Å². The maximum absolute atomic E-state index is 12.5. The monoisotopic (exact) mass is 349 g/mol. The number of carbonyl (C=O) groups is 1. The molecule has 1 amide bonds. The summed E-state index contributed by atoms with van der Waals surface area (Å²) in [5.41, 5.74) is 4.27. The molecule has 1 aromatic carbocycles. The summed E-state index contributed by atoms with van der Waals surface area (Å²) in [7, 11) is 0. The van der Waals surface area contributed by atoms with Crippen LogP contribution in [0, 0.1) is 20.8 Å². The van der Waals surface area contributed by atoms with Gasteiger partial charge in [0, 0.05) is 5.69 Å². The number of hydrogen-bond donors (Lipinski definition) is 2. The molecule has 7 heteroatoms. The second-order valence-electron chi connectivity index (χ2n) is 6.22. The summed E-state index contributed by atoms with van der Waals surface area (Å²) in [6.07, 6.45) is 2.03. The Labute approximate surface area is 148 Å². The van der Waals surface area contributed by atoms with Crippen molar-refractivity contribution in [3.05, 3.63) is 40.7 Å². The second kappa shape index (κ2) is 7.77. The fourth-order valence-electron chi connectivity index (χ4n) is 3.08. The Morgan fingerprint density at radius 2 is 1.96 bits per heavy atom. The van der Waals surface area contributed by atoms with Gasteiger partial charge in [-0.25, -0.2) is 4.68 Å². The molecular weight excluding hydrogens is 326 g/mol. The van der Waals surface area contributed by atoms with Crippen LogP contribution in [0.3, 0.4) is 0 Å². The van der Waals surface area contributed by atoms with Crippen molar-refractivity contribution < 1.29 is 4.79 Å². The number of amides is 1. The Morgan fingerprint density at radius 1 is 1.25 bits per heavy atom. The lowest BCUT2D eigenvalue weighted by Crippen LogP contribution is -2.30. The molecule has 6 nitrogen and oxygen atoms in total. The molecule has 0 radical (unpaired) electrons. The zero-order valence-corrected chi connectivity index (χ0v) is 15.1. The van der Waals surface area contributed by atoms with Gasteiger partial charge in [0.25, 0.3) is 5.91 Å². The van der Waals surface area contributed by atoms with Crippen LogP contribution in [-0.2, 0) is 0 Å². The van der Waals surface area contributed by atoms with Crippen LogP contribution in [-0.4, -0.2) is 34.0 Å². The van der Waals surface area contributed by atoms with E-state index in [0.29, 0.717) is 11.7 Å². The molecule has 0 aliphatic carbocycles. The number of aryl methyl sites for hydroxylation is 2. The predicted octanol–water partition coefficient (Wildman–Crippen LogP) is 2.80. The average molecular weight is 350 g/mol. The SMILES string of the molecule is Cc1ccc(NC(=O)c2nnn(C3CCNCC3)c2C)c(C)c1.Cl. The van der Waals surface area contributed by atoms with E-state index in [1.54, 1.807) is 0 Å². The molecule has 2 aromatic rings. The number of aromatic nitrogens is 3. The number of hydrogen-bond acceptors (Lipinski definition) is 4. The Kier molecular flexibility index (Phi) is 5.96. The number of rotatable bonds is 3. The van der Waals surface area contributed by atoms with E-state index in [2.05, 4.69) is 20.9 Å². The van der Waals surface area contributed by atoms with Gasteiger partial charge in [0.05, 0.1) is 11.7 Å². The average Bonchev–Trinajstić information content (AvgIpc) is 2.92. The first kappa shape index (κ1) is 18.4. The summed E-state index contributed by atoms with van der Waals surface area (Å²) in [5.74, 6) is -0.199. The summed E-state index contributed by atoms with van der Waals surface area (Å²) in [5, 5.41) is 14.6. The highest BCUT2D eigenvalue weighted by atomic mass is 35.5. The molecule has 1 aliphatic heterocycles. The summed E-state index contributed by atoms with van der Waals surface area (Å²) in [4.78, 5) is 12.5. The van der Waals surface area contributed by atoms with Crippen LogP contribution in [0.15, 0.2) is 18.2 Å². The van der Waals surface area contributed by atoms with Crippen LogP contribution in [0.25, 0.3) is 0 Å². The number of anilines is 1. The first-order valence-electron chi connectivity index (χ1n) is 8.07. The third-order valence-electron chi connectivity index (χ3n) is 4.43. The van der Waals surface area contributed by atoms with Crippen LogP contribution < -0.4 is 10.6 Å². The van der Waals surface area contributed by atoms with Crippen LogP contribution in [0.2, 0.25) is 0 Å². The number of halogens is 1. The molecule has 130 valence electrons. The van der Waals surface area contributed by atoms with Crippen molar-refractivity contribution in [2.75, 3.05) is 18.4 Å². The van der Waals surface area contributed by atoms with Gasteiger partial charge in [-0.1, -0.05) is 22.9 Å². The van der Waals surface area contributed by atoms with Gasteiger partial charge in [0.15, 0.2) is 5.69 Å². The molecule has 1 aliphatic rings. The molecule has 24 heavy (non-hydrogen) atoms. The Morgan fingerprint density at radius 3 is 2.62 bits per heavy atom. The Balaban J connectivity index is 0.00000208. The maximum Gasteiger partial charge on any atom is 0.278 e. The third kappa shape index (κ3) is 3.76. The first-order valence-corrected chi connectivity index (χ1v) is 8.07. The number of piperidine rings is 1. The van der Waals surface area contributed by atoms with Crippen molar-refractivity contribution in [1.29, 1.82) is 0 Å². The standard InChI is InChI=1S/C17H23N5O.ClH/c1-11-4-5-15(12(2)10-11)19-17(23)16-13(3)22(21-20-16)14-6-8-18-9-7-14;/h4-5,10,14,18H,6-9H2,1-3H3,(H,19,23);1H. The van der Waals surface area contributed by atoms with Crippen molar-refractivity contribution in [2.45, 2.75) is 39.7 Å². The van der Waals surface area contributed by atoms with Crippen molar-refractivity contribution in [1.82, 2.24) is 20.3 Å². The van der Waals surface area contributed by atoms with Crippen molar-refractivity contribution in [3.8, 4) is 0 Å². The molecule has 0 spiro atoms. The molecule has 0 saturated carbocycles. The minimum absolute atomic E-state index is 0. The smallest absolute Gasteiger partial charge is 0.278 e. The molecule has 0 bridgehead atoms. The van der Waals surface area contributed by atoms with Gasteiger partial charge in [-0.3, -0.25) is 4.79 Å². The predicted molar refractivity (Wildman–Crippen MR) is 97.0 cm³/mol. The quantitative estimate of drug-likeness (QED) is 0.893. The fourth-order valence-corrected chi connectivity index (χ4v) is 3.08. The second-order valence-corrected chi connectivity index (χ2v) is 6.22. The van der Waals surface area contributed by atoms with Gasteiger partial charge in [0.2, 0.25) is 0 Å². The number of nitrogens with zero attached hydrogens (tertiary/aromatic N) is 3. The largest absolute Gasteiger partial charge is 0.320 e. The Hall–Kier alpha value is -1.92. The lowest BCUT2D eigenvalue weighted by atomic mass is 10.1. The molecule has 1 saturated heterocycles. The molecule has 1 aromatic heterocycles. The summed E-state index contributed by atoms with van der Waals surface area (Å²) in [6.45, 7) is 7.90. The highest BCUT2D eigenvalue weighted by molar-refractivity contribution is 6.03. The van der Waals surface area contributed by atoms with Crippen LogP contribution in [0.4, 0.5) is 5.69 Å². The summed E-state index contributed by atoms with van der Waals surface area (Å²) < 4.78 is 1.90. The zero-order valence-electron chi connectivity index (χ0n) is 14.3. The van der Waals surface area contributed by atoms with E-state index in [4.69, 9.17) is 0 Å². The number of benzene rings is 1. The van der Waals surface area contributed by atoms with Crippen molar-refractivity contribution in [2.24, 2.45) is 0 Å². The normalized spacial score (nSPS) is 15.0. The van der Waals surface area contributed by atoms with E-state index in [1.165, 1.54) is 5.56 Å². The summed E-state index contributed by atoms with van der Waals surface area (Å²) >= 11 is 0. The van der Waals surface area contributed by atoms with Crippen LogP contribution >= 0.6 is 12.4 Å². The van der Waals surface area contributed by atoms with Crippen LogP contribution in [0.5, 0.6) is 0 Å². The minimum atomic E-state index is -0.199. The lowest BCUT2D eigenvalue weighted by Gasteiger charge is -2.23. The summed E-state index contributed by atoms with van der Waals surface area (Å²) in [6, 6.07) is 6.29. The molecule has 3 rings (SSSR count). The van der Waals surface area contributed by atoms with E-state index in [9.17, 15) is 4.79 Å². The molecule has 2 heterocycles. The molecule has 1 fully saturated rings. The van der Waals surface area contributed by atoms with E-state index in [-0.39, 0.29) is 18.3 Å². The maximum atomic E-state index is 12.5. The van der Waals surface area contributed by atoms with Gasteiger partial charge in [0.1, 0.15) is 0 Å². The highest BCUT2D eigenvalue weighted by Gasteiger charge is 2.23. The fraction of sp³-hybridized carbons (Fsp3) is 0.471. The zero-order chi connectivity index (χ0) is 16.4. The van der Waals surface area contributed by atoms with Gasteiger partial charge < -0.3 is 10.6 Å². The Bertz CT molecular complexity index is 722. The van der Waals surface area contributed by atoms with Crippen LogP contribution in [0.1, 0.15) is 46.2 Å². The van der Waals surface area contributed by atoms with E-state index < -0.39 is 0 Å². The molecule has 0 unspecified atom stereocenters. The van der Waals surface area contributed by atoms with Gasteiger partial charge in [-0.2, -0.15) is 0 Å². The van der Waals surface area contributed by atoms with Crippen molar-refractivity contribution >= 4 is 24.0 Å². The molecule has 0 atom stereocenters. The number of nitrogens with one attached hydrogen (secondary N) is 2. The third-order valence-corrected chi connectivity index (χ3v) is 4.43. The van der Waals surface area contributed by atoms with Gasteiger partial charge >= 0.3 is 0 Å². The minimum Gasteiger partial charge on any atom is -0.320 e. The van der Waals surface area contributed by atoms with Gasteiger partial charge in [-0.05, 0) is 58.3 Å².